The first kappa shape index (κ1) is 11.4. The summed E-state index contributed by atoms with van der Waals surface area (Å²) in [5, 5.41) is 3.46. The molecular weight excluding hydrogens is 205 g/mol. The average molecular weight is 223 g/mol. The lowest BCUT2D eigenvalue weighted by Crippen LogP contribution is -2.35. The molecular formula is C13H18FNO. The van der Waals surface area contributed by atoms with Crippen molar-refractivity contribution in [2.24, 2.45) is 0 Å². The summed E-state index contributed by atoms with van der Waals surface area (Å²) in [6, 6.07) is 5.41. The third-order valence-electron chi connectivity index (χ3n) is 3.06. The first-order valence-corrected chi connectivity index (χ1v) is 5.85. The van der Waals surface area contributed by atoms with E-state index in [2.05, 4.69) is 5.32 Å². The fraction of sp³-hybridized carbons (Fsp3) is 0.538. The van der Waals surface area contributed by atoms with Crippen LogP contribution in [0.3, 0.4) is 0 Å². The van der Waals surface area contributed by atoms with E-state index in [0.717, 1.165) is 18.5 Å². The number of hydrogen-bond donors (Lipinski definition) is 1. The molecule has 1 unspecified atom stereocenters. The second-order valence-corrected chi connectivity index (χ2v) is 4.35. The van der Waals surface area contributed by atoms with E-state index < -0.39 is 0 Å². The molecule has 1 heterocycles. The number of rotatable bonds is 3. The number of benzene rings is 1. The van der Waals surface area contributed by atoms with Crippen molar-refractivity contribution in [1.82, 2.24) is 5.32 Å². The molecule has 0 saturated carbocycles. The van der Waals surface area contributed by atoms with E-state index in [1.54, 1.807) is 13.2 Å². The molecule has 88 valence electrons. The van der Waals surface area contributed by atoms with Gasteiger partial charge >= 0.3 is 0 Å². The highest BCUT2D eigenvalue weighted by Crippen LogP contribution is 2.19. The molecule has 1 fully saturated rings. The molecule has 0 aliphatic carbocycles. The number of methoxy groups -OCH3 is 1. The largest absolute Gasteiger partial charge is 0.497 e. The van der Waals surface area contributed by atoms with Crippen molar-refractivity contribution in [3.8, 4) is 5.75 Å². The van der Waals surface area contributed by atoms with E-state index in [9.17, 15) is 4.39 Å². The first-order valence-electron chi connectivity index (χ1n) is 5.85. The smallest absolute Gasteiger partial charge is 0.127 e. The molecule has 1 saturated heterocycles. The topological polar surface area (TPSA) is 21.3 Å². The molecule has 1 aromatic rings. The fourth-order valence-electron chi connectivity index (χ4n) is 2.24. The van der Waals surface area contributed by atoms with Gasteiger partial charge in [0.05, 0.1) is 7.11 Å². The van der Waals surface area contributed by atoms with Crippen LogP contribution in [-0.2, 0) is 6.42 Å². The van der Waals surface area contributed by atoms with E-state index in [1.165, 1.54) is 25.3 Å². The Hall–Kier alpha value is -1.09. The maximum Gasteiger partial charge on any atom is 0.127 e. The van der Waals surface area contributed by atoms with Crippen molar-refractivity contribution >= 4 is 0 Å². The predicted molar refractivity (Wildman–Crippen MR) is 62.3 cm³/mol. The summed E-state index contributed by atoms with van der Waals surface area (Å²) < 4.78 is 18.3. The normalized spacial score (nSPS) is 20.8. The highest BCUT2D eigenvalue weighted by Gasteiger charge is 2.13. The number of ether oxygens (including phenoxy) is 1. The molecule has 0 spiro atoms. The monoisotopic (exact) mass is 223 g/mol. The Morgan fingerprint density at radius 2 is 2.25 bits per heavy atom. The number of hydrogen-bond acceptors (Lipinski definition) is 2. The number of halogens is 1. The van der Waals surface area contributed by atoms with Crippen molar-refractivity contribution in [3.05, 3.63) is 29.6 Å². The van der Waals surface area contributed by atoms with Crippen LogP contribution in [0.1, 0.15) is 24.8 Å². The molecule has 0 aromatic heterocycles. The molecule has 0 bridgehead atoms. The van der Waals surface area contributed by atoms with Gasteiger partial charge in [0.2, 0.25) is 0 Å². The van der Waals surface area contributed by atoms with Gasteiger partial charge in [-0.2, -0.15) is 0 Å². The molecule has 0 amide bonds. The minimum atomic E-state index is -0.217. The molecule has 3 heteroatoms. The van der Waals surface area contributed by atoms with Crippen LogP contribution < -0.4 is 10.1 Å². The third-order valence-corrected chi connectivity index (χ3v) is 3.06. The van der Waals surface area contributed by atoms with Gasteiger partial charge in [0.1, 0.15) is 11.6 Å². The second-order valence-electron chi connectivity index (χ2n) is 4.35. The Morgan fingerprint density at radius 3 is 2.94 bits per heavy atom. The van der Waals surface area contributed by atoms with Crippen molar-refractivity contribution in [1.29, 1.82) is 0 Å². The number of piperidine rings is 1. The highest BCUT2D eigenvalue weighted by molar-refractivity contribution is 5.30. The molecule has 1 N–H and O–H groups in total. The van der Waals surface area contributed by atoms with Gasteiger partial charge in [-0.25, -0.2) is 4.39 Å². The Kier molecular flexibility index (Phi) is 3.78. The minimum Gasteiger partial charge on any atom is -0.497 e. The van der Waals surface area contributed by atoms with Gasteiger partial charge in [-0.1, -0.05) is 6.42 Å². The van der Waals surface area contributed by atoms with Crippen LogP contribution in [0.25, 0.3) is 0 Å². The summed E-state index contributed by atoms with van der Waals surface area (Å²) in [7, 11) is 1.57. The lowest BCUT2D eigenvalue weighted by atomic mass is 9.98. The molecule has 1 aliphatic heterocycles. The maximum atomic E-state index is 13.3. The standard InChI is InChI=1S/C13H18FNO/c1-16-13-8-10(6-11(14)9-13)7-12-4-2-3-5-15-12/h6,8-9,12,15H,2-5,7H2,1H3. The van der Waals surface area contributed by atoms with Crippen molar-refractivity contribution < 1.29 is 9.13 Å². The zero-order chi connectivity index (χ0) is 11.4. The van der Waals surface area contributed by atoms with E-state index in [1.807, 2.05) is 6.07 Å². The van der Waals surface area contributed by atoms with Gasteiger partial charge in [-0.05, 0) is 43.5 Å². The molecule has 1 aromatic carbocycles. The van der Waals surface area contributed by atoms with E-state index >= 15 is 0 Å². The van der Waals surface area contributed by atoms with Crippen LogP contribution in [0.5, 0.6) is 5.75 Å². The van der Waals surface area contributed by atoms with Gasteiger partial charge in [0, 0.05) is 12.1 Å². The van der Waals surface area contributed by atoms with Gasteiger partial charge in [0.15, 0.2) is 0 Å². The average Bonchev–Trinajstić information content (AvgIpc) is 2.29. The van der Waals surface area contributed by atoms with Crippen molar-refractivity contribution in [2.75, 3.05) is 13.7 Å². The Labute approximate surface area is 95.8 Å². The summed E-state index contributed by atoms with van der Waals surface area (Å²) in [5.74, 6) is 0.385. The molecule has 1 aliphatic rings. The Bertz CT molecular complexity index is 348. The van der Waals surface area contributed by atoms with Gasteiger partial charge < -0.3 is 10.1 Å². The van der Waals surface area contributed by atoms with E-state index in [-0.39, 0.29) is 5.82 Å². The summed E-state index contributed by atoms with van der Waals surface area (Å²) in [4.78, 5) is 0. The molecule has 16 heavy (non-hydrogen) atoms. The Morgan fingerprint density at radius 1 is 1.38 bits per heavy atom. The van der Waals surface area contributed by atoms with Crippen molar-refractivity contribution in [3.63, 3.8) is 0 Å². The first-order chi connectivity index (χ1) is 7.78. The van der Waals surface area contributed by atoms with E-state index in [0.29, 0.717) is 11.8 Å². The molecule has 2 nitrogen and oxygen atoms in total. The maximum absolute atomic E-state index is 13.3. The number of nitrogens with one attached hydrogen (secondary N) is 1. The summed E-state index contributed by atoms with van der Waals surface area (Å²) in [5.41, 5.74) is 1.01. The van der Waals surface area contributed by atoms with Crippen LogP contribution in [0.2, 0.25) is 0 Å². The minimum absolute atomic E-state index is 0.217. The van der Waals surface area contributed by atoms with Crippen LogP contribution >= 0.6 is 0 Å². The zero-order valence-corrected chi connectivity index (χ0v) is 9.63. The third kappa shape index (κ3) is 2.95. The Balaban J connectivity index is 2.04. The van der Waals surface area contributed by atoms with Gasteiger partial charge in [-0.3, -0.25) is 0 Å². The summed E-state index contributed by atoms with van der Waals surface area (Å²) in [6.45, 7) is 1.08. The predicted octanol–water partition coefficient (Wildman–Crippen LogP) is 2.52. The van der Waals surface area contributed by atoms with Crippen molar-refractivity contribution in [2.45, 2.75) is 31.7 Å². The van der Waals surface area contributed by atoms with Crippen LogP contribution in [0, 0.1) is 5.82 Å². The fourth-order valence-corrected chi connectivity index (χ4v) is 2.24. The highest BCUT2D eigenvalue weighted by atomic mass is 19.1. The van der Waals surface area contributed by atoms with Gasteiger partial charge in [0.25, 0.3) is 0 Å². The van der Waals surface area contributed by atoms with E-state index in [4.69, 9.17) is 4.74 Å². The summed E-state index contributed by atoms with van der Waals surface area (Å²) in [6.07, 6.45) is 4.58. The second kappa shape index (κ2) is 5.30. The lowest BCUT2D eigenvalue weighted by molar-refractivity contribution is 0.394. The van der Waals surface area contributed by atoms with Crippen LogP contribution in [-0.4, -0.2) is 19.7 Å². The zero-order valence-electron chi connectivity index (χ0n) is 9.63. The lowest BCUT2D eigenvalue weighted by Gasteiger charge is -2.23. The summed E-state index contributed by atoms with van der Waals surface area (Å²) >= 11 is 0. The van der Waals surface area contributed by atoms with Crippen LogP contribution in [0.15, 0.2) is 18.2 Å². The molecule has 0 radical (unpaired) electrons. The molecule has 1 atom stereocenters. The quantitative estimate of drug-likeness (QED) is 0.850. The molecule has 2 rings (SSSR count). The SMILES string of the molecule is COc1cc(F)cc(CC2CCCCN2)c1. The van der Waals surface area contributed by atoms with Gasteiger partial charge in [-0.15, -0.1) is 0 Å². The van der Waals surface area contributed by atoms with Crippen LogP contribution in [0.4, 0.5) is 4.39 Å².